The summed E-state index contributed by atoms with van der Waals surface area (Å²) >= 11 is 5.66. The van der Waals surface area contributed by atoms with Crippen LogP contribution in [0.4, 0.5) is 8.78 Å². The number of phenolic OH excluding ortho intramolecular Hbond substituents is 1. The average Bonchev–Trinajstić information content (AvgIpc) is 2.41. The monoisotopic (exact) mass is 345 g/mol. The van der Waals surface area contributed by atoms with Crippen molar-refractivity contribution >= 4 is 30.0 Å². The summed E-state index contributed by atoms with van der Waals surface area (Å²) < 4.78 is 36.9. The molecule has 0 bridgehead atoms. The lowest BCUT2D eigenvalue weighted by Crippen LogP contribution is -2.42. The maximum absolute atomic E-state index is 13.9. The number of benzene rings is 1. The number of halogens is 4. The Labute approximate surface area is 131 Å². The Morgan fingerprint density at radius 3 is 2.57 bits per heavy atom. The van der Waals surface area contributed by atoms with E-state index in [2.05, 4.69) is 4.74 Å². The number of nitrogens with two attached hydrogens (primary N) is 1. The zero-order chi connectivity index (χ0) is 15.5. The molecule has 3 N–H and O–H groups in total. The molecule has 21 heavy (non-hydrogen) atoms. The Balaban J connectivity index is 0.00000400. The van der Waals surface area contributed by atoms with Crippen molar-refractivity contribution in [3.63, 3.8) is 0 Å². The number of hydrogen-bond acceptors (Lipinski definition) is 5. The molecule has 0 amide bonds. The summed E-state index contributed by atoms with van der Waals surface area (Å²) in [6.07, 6.45) is 0. The zero-order valence-corrected chi connectivity index (χ0v) is 12.8. The van der Waals surface area contributed by atoms with Gasteiger partial charge in [0.25, 0.3) is 0 Å². The number of rotatable bonds is 5. The van der Waals surface area contributed by atoms with Gasteiger partial charge in [-0.05, 0) is 19.1 Å². The Hall–Kier alpha value is -1.31. The van der Waals surface area contributed by atoms with Crippen LogP contribution in [0, 0.1) is 0 Å². The summed E-state index contributed by atoms with van der Waals surface area (Å²) in [4.78, 5) is 11.3. The van der Waals surface area contributed by atoms with Gasteiger partial charge in [0.05, 0.1) is 24.3 Å². The van der Waals surface area contributed by atoms with Gasteiger partial charge < -0.3 is 20.3 Å². The van der Waals surface area contributed by atoms with Crippen molar-refractivity contribution in [1.82, 2.24) is 0 Å². The number of hydrogen-bond donors (Lipinski definition) is 2. The van der Waals surface area contributed by atoms with Crippen LogP contribution in [0.5, 0.6) is 11.5 Å². The van der Waals surface area contributed by atoms with E-state index in [4.69, 9.17) is 22.1 Å². The number of carbonyl (C=O) groups is 1. The van der Waals surface area contributed by atoms with Gasteiger partial charge >= 0.3 is 11.9 Å². The molecule has 0 unspecified atom stereocenters. The standard InChI is InChI=1S/C12H14ClF2NO4.ClH/c1-3-20-11(18)12(14,15)10(16)8-7(19-2)5-4-6(13)9(8)17;/h4-5,10,17H,3,16H2,1-2H3;1H/t10-;/m1./s1. The SMILES string of the molecule is CCOC(=O)C(F)(F)[C@H](N)c1c(OC)ccc(Cl)c1O.Cl. The number of alkyl halides is 2. The van der Waals surface area contributed by atoms with E-state index in [1.807, 2.05) is 0 Å². The highest BCUT2D eigenvalue weighted by Crippen LogP contribution is 2.43. The van der Waals surface area contributed by atoms with Crippen LogP contribution < -0.4 is 10.5 Å². The molecular formula is C12H15Cl2F2NO4. The summed E-state index contributed by atoms with van der Waals surface area (Å²) in [5, 5.41) is 9.59. The summed E-state index contributed by atoms with van der Waals surface area (Å²) in [7, 11) is 1.21. The minimum Gasteiger partial charge on any atom is -0.506 e. The van der Waals surface area contributed by atoms with E-state index in [1.54, 1.807) is 0 Å². The summed E-state index contributed by atoms with van der Waals surface area (Å²) in [5.41, 5.74) is 4.94. The van der Waals surface area contributed by atoms with Crippen molar-refractivity contribution in [3.8, 4) is 11.5 Å². The van der Waals surface area contributed by atoms with Crippen LogP contribution in [-0.2, 0) is 9.53 Å². The molecule has 1 rings (SSSR count). The van der Waals surface area contributed by atoms with Crippen LogP contribution in [0.1, 0.15) is 18.5 Å². The van der Waals surface area contributed by atoms with Gasteiger partial charge in [-0.2, -0.15) is 8.78 Å². The van der Waals surface area contributed by atoms with Crippen LogP contribution >= 0.6 is 24.0 Å². The largest absolute Gasteiger partial charge is 0.506 e. The molecule has 0 aliphatic carbocycles. The molecule has 1 aromatic rings. The predicted molar refractivity (Wildman–Crippen MR) is 75.4 cm³/mol. The number of methoxy groups -OCH3 is 1. The van der Waals surface area contributed by atoms with Crippen LogP contribution in [0.25, 0.3) is 0 Å². The minimum atomic E-state index is -4.04. The fraction of sp³-hybridized carbons (Fsp3) is 0.417. The lowest BCUT2D eigenvalue weighted by atomic mass is 9.99. The van der Waals surface area contributed by atoms with Gasteiger partial charge in [-0.15, -0.1) is 12.4 Å². The molecule has 0 spiro atoms. The third-order valence-corrected chi connectivity index (χ3v) is 2.90. The lowest BCUT2D eigenvalue weighted by molar-refractivity contribution is -0.174. The molecule has 0 fully saturated rings. The van der Waals surface area contributed by atoms with Gasteiger partial charge in [-0.1, -0.05) is 11.6 Å². The van der Waals surface area contributed by atoms with Crippen molar-refractivity contribution in [3.05, 3.63) is 22.7 Å². The molecular weight excluding hydrogens is 331 g/mol. The second-order valence-electron chi connectivity index (χ2n) is 3.83. The van der Waals surface area contributed by atoms with Crippen molar-refractivity contribution in [2.45, 2.75) is 18.9 Å². The quantitative estimate of drug-likeness (QED) is 0.801. The Bertz CT molecular complexity index is 514. The van der Waals surface area contributed by atoms with E-state index >= 15 is 0 Å². The molecule has 120 valence electrons. The van der Waals surface area contributed by atoms with E-state index in [9.17, 15) is 18.7 Å². The second kappa shape index (κ2) is 7.63. The first-order chi connectivity index (χ1) is 9.27. The normalized spacial score (nSPS) is 12.3. The van der Waals surface area contributed by atoms with Crippen molar-refractivity contribution in [2.75, 3.05) is 13.7 Å². The van der Waals surface area contributed by atoms with Crippen molar-refractivity contribution in [2.24, 2.45) is 5.73 Å². The number of phenols is 1. The topological polar surface area (TPSA) is 81.8 Å². The molecule has 0 saturated heterocycles. The third kappa shape index (κ3) is 3.87. The highest BCUT2D eigenvalue weighted by atomic mass is 35.5. The number of esters is 1. The molecule has 0 aliphatic rings. The predicted octanol–water partition coefficient (Wildman–Crippen LogP) is 2.67. The van der Waals surface area contributed by atoms with Crippen LogP contribution in [0.2, 0.25) is 5.02 Å². The number of ether oxygens (including phenoxy) is 2. The van der Waals surface area contributed by atoms with Crippen LogP contribution in [-0.4, -0.2) is 30.7 Å². The van der Waals surface area contributed by atoms with Gasteiger partial charge in [0, 0.05) is 0 Å². The maximum atomic E-state index is 13.9. The van der Waals surface area contributed by atoms with Crippen molar-refractivity contribution in [1.29, 1.82) is 0 Å². The highest BCUT2D eigenvalue weighted by molar-refractivity contribution is 6.32. The zero-order valence-electron chi connectivity index (χ0n) is 11.2. The van der Waals surface area contributed by atoms with E-state index in [0.29, 0.717) is 0 Å². The molecule has 1 aromatic carbocycles. The van der Waals surface area contributed by atoms with Crippen LogP contribution in [0.3, 0.4) is 0 Å². The first-order valence-corrected chi connectivity index (χ1v) is 6.01. The van der Waals surface area contributed by atoms with E-state index < -0.39 is 29.2 Å². The molecule has 9 heteroatoms. The summed E-state index contributed by atoms with van der Waals surface area (Å²) in [5.74, 6) is -6.59. The van der Waals surface area contributed by atoms with E-state index in [0.717, 1.165) is 0 Å². The van der Waals surface area contributed by atoms with Crippen molar-refractivity contribution < 1.29 is 28.2 Å². The average molecular weight is 346 g/mol. The Morgan fingerprint density at radius 1 is 1.52 bits per heavy atom. The first kappa shape index (κ1) is 19.7. The first-order valence-electron chi connectivity index (χ1n) is 5.63. The Morgan fingerprint density at radius 2 is 2.10 bits per heavy atom. The van der Waals surface area contributed by atoms with E-state index in [1.165, 1.54) is 26.2 Å². The highest BCUT2D eigenvalue weighted by Gasteiger charge is 2.49. The minimum absolute atomic E-state index is 0. The summed E-state index contributed by atoms with van der Waals surface area (Å²) in [6.45, 7) is 1.16. The fourth-order valence-electron chi connectivity index (χ4n) is 1.58. The smallest absolute Gasteiger partial charge is 0.379 e. The van der Waals surface area contributed by atoms with Gasteiger partial charge in [-0.3, -0.25) is 0 Å². The molecule has 0 heterocycles. The summed E-state index contributed by atoms with van der Waals surface area (Å²) in [6, 6.07) is 0.364. The molecule has 5 nitrogen and oxygen atoms in total. The molecule has 0 aliphatic heterocycles. The van der Waals surface area contributed by atoms with Crippen LogP contribution in [0.15, 0.2) is 12.1 Å². The van der Waals surface area contributed by atoms with E-state index in [-0.39, 0.29) is 29.8 Å². The third-order valence-electron chi connectivity index (χ3n) is 2.60. The molecule has 0 radical (unpaired) electrons. The lowest BCUT2D eigenvalue weighted by Gasteiger charge is -2.24. The number of aromatic hydroxyl groups is 1. The van der Waals surface area contributed by atoms with Gasteiger partial charge in [0.15, 0.2) is 0 Å². The number of carbonyl (C=O) groups excluding carboxylic acids is 1. The fourth-order valence-corrected chi connectivity index (χ4v) is 1.74. The van der Waals surface area contributed by atoms with Gasteiger partial charge in [0.1, 0.15) is 17.5 Å². The molecule has 0 saturated carbocycles. The molecule has 0 aromatic heterocycles. The Kier molecular flexibility index (Phi) is 7.15. The van der Waals surface area contributed by atoms with Gasteiger partial charge in [0.2, 0.25) is 0 Å². The van der Waals surface area contributed by atoms with Gasteiger partial charge in [-0.25, -0.2) is 4.79 Å². The molecule has 1 atom stereocenters. The second-order valence-corrected chi connectivity index (χ2v) is 4.24. The maximum Gasteiger partial charge on any atom is 0.379 e.